The highest BCUT2D eigenvalue weighted by Gasteiger charge is 2.48. The molecule has 1 N–H and O–H groups in total. The molecule has 1 saturated heterocycles. The summed E-state index contributed by atoms with van der Waals surface area (Å²) >= 11 is 0. The number of aryl methyl sites for hydroxylation is 2. The number of piperidine rings is 1. The Morgan fingerprint density at radius 1 is 1.26 bits per heavy atom. The van der Waals surface area contributed by atoms with Gasteiger partial charge in [0.1, 0.15) is 0 Å². The molecule has 2 aromatic rings. The normalized spacial score (nSPS) is 18.6. The molecule has 0 aromatic carbocycles. The fourth-order valence-corrected chi connectivity index (χ4v) is 4.72. The minimum Gasteiger partial charge on any atom is -0.354 e. The van der Waals surface area contributed by atoms with Crippen molar-refractivity contribution in [1.29, 1.82) is 0 Å². The Bertz CT molecular complexity index is 844. The second-order valence-electron chi connectivity index (χ2n) is 7.67. The number of hydrogen-bond donors (Lipinski definition) is 1. The van der Waals surface area contributed by atoms with Crippen molar-refractivity contribution in [2.75, 3.05) is 19.6 Å². The number of amides is 2. The Morgan fingerprint density at radius 2 is 2.04 bits per heavy atom. The molecular formula is C20H27N5O2. The molecule has 2 amide bonds. The fourth-order valence-electron chi connectivity index (χ4n) is 4.72. The Balaban J connectivity index is 1.45. The zero-order valence-electron chi connectivity index (χ0n) is 16.1. The maximum atomic E-state index is 12.7. The number of H-pyrrole nitrogens is 1. The Hall–Kier alpha value is -2.57. The zero-order chi connectivity index (χ0) is 19.0. The quantitative estimate of drug-likeness (QED) is 0.893. The number of fused-ring (bicyclic) bond motifs is 2. The predicted molar refractivity (Wildman–Crippen MR) is 101 cm³/mol. The van der Waals surface area contributed by atoms with Crippen molar-refractivity contribution >= 4 is 11.8 Å². The zero-order valence-corrected chi connectivity index (χ0v) is 16.1. The Morgan fingerprint density at radius 3 is 2.70 bits per heavy atom. The fraction of sp³-hybridized carbons (Fsp3) is 0.550. The van der Waals surface area contributed by atoms with E-state index in [-0.39, 0.29) is 17.4 Å². The molecule has 144 valence electrons. The number of aromatic amines is 1. The van der Waals surface area contributed by atoms with Crippen molar-refractivity contribution in [3.8, 4) is 0 Å². The van der Waals surface area contributed by atoms with Gasteiger partial charge in [-0.15, -0.1) is 0 Å². The van der Waals surface area contributed by atoms with Crippen molar-refractivity contribution in [2.45, 2.75) is 44.6 Å². The van der Waals surface area contributed by atoms with Gasteiger partial charge in [0.2, 0.25) is 11.8 Å². The van der Waals surface area contributed by atoms with Gasteiger partial charge in [-0.25, -0.2) is 4.98 Å². The summed E-state index contributed by atoms with van der Waals surface area (Å²) in [6.07, 6.45) is 7.33. The molecule has 27 heavy (non-hydrogen) atoms. The molecule has 0 saturated carbocycles. The first-order chi connectivity index (χ1) is 13.0. The van der Waals surface area contributed by atoms with Gasteiger partial charge in [0.15, 0.2) is 0 Å². The highest BCUT2D eigenvalue weighted by atomic mass is 16.2. The van der Waals surface area contributed by atoms with Crippen LogP contribution in [0.25, 0.3) is 0 Å². The molecule has 2 aromatic heterocycles. The van der Waals surface area contributed by atoms with E-state index in [1.54, 1.807) is 13.3 Å². The molecule has 1 spiro atoms. The van der Waals surface area contributed by atoms with Crippen molar-refractivity contribution in [3.63, 3.8) is 0 Å². The summed E-state index contributed by atoms with van der Waals surface area (Å²) < 4.78 is 2.06. The van der Waals surface area contributed by atoms with Crippen LogP contribution in [0.1, 0.15) is 43.3 Å². The number of rotatable bonds is 3. The molecule has 1 fully saturated rings. The lowest BCUT2D eigenvalue weighted by Crippen LogP contribution is -2.58. The summed E-state index contributed by atoms with van der Waals surface area (Å²) in [5.74, 6) is 0.283. The lowest BCUT2D eigenvalue weighted by Gasteiger charge is -2.50. The van der Waals surface area contributed by atoms with E-state index in [9.17, 15) is 9.59 Å². The highest BCUT2D eigenvalue weighted by molar-refractivity contribution is 5.77. The Labute approximate surface area is 159 Å². The van der Waals surface area contributed by atoms with Crippen LogP contribution in [0.4, 0.5) is 0 Å². The third kappa shape index (κ3) is 3.05. The number of hydrogen-bond acceptors (Lipinski definition) is 3. The van der Waals surface area contributed by atoms with Gasteiger partial charge in [0.25, 0.3) is 0 Å². The molecule has 7 heteroatoms. The first-order valence-corrected chi connectivity index (χ1v) is 9.70. The van der Waals surface area contributed by atoms with Crippen LogP contribution < -0.4 is 0 Å². The van der Waals surface area contributed by atoms with Crippen LogP contribution in [0.3, 0.4) is 0 Å². The summed E-state index contributed by atoms with van der Waals surface area (Å²) in [7, 11) is 2.01. The summed E-state index contributed by atoms with van der Waals surface area (Å²) in [5.41, 5.74) is 2.94. The highest BCUT2D eigenvalue weighted by Crippen LogP contribution is 2.42. The molecule has 0 unspecified atom stereocenters. The van der Waals surface area contributed by atoms with E-state index in [4.69, 9.17) is 0 Å². The van der Waals surface area contributed by atoms with E-state index in [0.29, 0.717) is 26.1 Å². The van der Waals surface area contributed by atoms with E-state index >= 15 is 0 Å². The van der Waals surface area contributed by atoms with Gasteiger partial charge in [-0.2, -0.15) is 0 Å². The van der Waals surface area contributed by atoms with Gasteiger partial charge in [0, 0.05) is 64.0 Å². The maximum absolute atomic E-state index is 12.7. The standard InChI is InChI=1S/C20H27N5O2/c1-15(26)25-11-7-17-19(22-14-21-17)20(25)8-12-24(13-9-20)18(27)6-5-16-4-3-10-23(16)2/h3-4,10,14H,5-9,11-13H2,1-2H3,(H,21,22). The average Bonchev–Trinajstić information content (AvgIpc) is 3.30. The number of nitrogens with one attached hydrogen (secondary N) is 1. The molecule has 0 bridgehead atoms. The monoisotopic (exact) mass is 369 g/mol. The molecule has 4 heterocycles. The smallest absolute Gasteiger partial charge is 0.222 e. The van der Waals surface area contributed by atoms with Crippen LogP contribution in [0.2, 0.25) is 0 Å². The van der Waals surface area contributed by atoms with Crippen LogP contribution in [0.15, 0.2) is 24.7 Å². The van der Waals surface area contributed by atoms with Crippen molar-refractivity contribution in [2.24, 2.45) is 7.05 Å². The minimum atomic E-state index is -0.367. The molecule has 7 nitrogen and oxygen atoms in total. The van der Waals surface area contributed by atoms with Gasteiger partial charge in [-0.05, 0) is 31.4 Å². The summed E-state index contributed by atoms with van der Waals surface area (Å²) in [5, 5.41) is 0. The average molecular weight is 369 g/mol. The first kappa shape index (κ1) is 17.8. The molecule has 2 aliphatic rings. The van der Waals surface area contributed by atoms with E-state index in [1.165, 1.54) is 5.69 Å². The number of nitrogens with zero attached hydrogens (tertiary/aromatic N) is 4. The number of carbonyl (C=O) groups is 2. The van der Waals surface area contributed by atoms with Gasteiger partial charge < -0.3 is 19.4 Å². The van der Waals surface area contributed by atoms with Crippen LogP contribution in [-0.2, 0) is 35.0 Å². The van der Waals surface area contributed by atoms with Crippen LogP contribution in [-0.4, -0.2) is 55.8 Å². The Kier molecular flexibility index (Phi) is 4.53. The van der Waals surface area contributed by atoms with Gasteiger partial charge in [-0.1, -0.05) is 0 Å². The third-order valence-corrected chi connectivity index (χ3v) is 6.23. The van der Waals surface area contributed by atoms with E-state index in [2.05, 4.69) is 20.6 Å². The number of likely N-dealkylation sites (tertiary alicyclic amines) is 1. The van der Waals surface area contributed by atoms with Crippen LogP contribution >= 0.6 is 0 Å². The summed E-state index contributed by atoms with van der Waals surface area (Å²) in [4.78, 5) is 36.7. The maximum Gasteiger partial charge on any atom is 0.222 e. The van der Waals surface area contributed by atoms with E-state index in [0.717, 1.165) is 37.1 Å². The van der Waals surface area contributed by atoms with E-state index < -0.39 is 0 Å². The van der Waals surface area contributed by atoms with Gasteiger partial charge in [0.05, 0.1) is 17.6 Å². The summed E-state index contributed by atoms with van der Waals surface area (Å²) in [6.45, 7) is 3.69. The lowest BCUT2D eigenvalue weighted by molar-refractivity contribution is -0.142. The van der Waals surface area contributed by atoms with Crippen molar-refractivity contribution in [3.05, 3.63) is 41.7 Å². The molecule has 0 atom stereocenters. The predicted octanol–water partition coefficient (Wildman–Crippen LogP) is 1.60. The molecule has 0 aliphatic carbocycles. The van der Waals surface area contributed by atoms with Crippen molar-refractivity contribution in [1.82, 2.24) is 24.3 Å². The van der Waals surface area contributed by atoms with E-state index in [1.807, 2.05) is 29.1 Å². The molecule has 4 rings (SSSR count). The van der Waals surface area contributed by atoms with Crippen molar-refractivity contribution < 1.29 is 9.59 Å². The first-order valence-electron chi connectivity index (χ1n) is 9.70. The topological polar surface area (TPSA) is 74.2 Å². The molecule has 2 aliphatic heterocycles. The van der Waals surface area contributed by atoms with Gasteiger partial charge in [-0.3, -0.25) is 9.59 Å². The second-order valence-corrected chi connectivity index (χ2v) is 7.67. The second kappa shape index (κ2) is 6.87. The molecule has 0 radical (unpaired) electrons. The third-order valence-electron chi connectivity index (χ3n) is 6.23. The largest absolute Gasteiger partial charge is 0.354 e. The lowest BCUT2D eigenvalue weighted by atomic mass is 9.78. The number of aromatic nitrogens is 3. The minimum absolute atomic E-state index is 0.0899. The number of imidazole rings is 1. The van der Waals surface area contributed by atoms with Crippen LogP contribution in [0.5, 0.6) is 0 Å². The SMILES string of the molecule is CC(=O)N1CCc2[nH]cnc2C12CCN(C(=O)CCc1cccn1C)CC2. The summed E-state index contributed by atoms with van der Waals surface area (Å²) in [6, 6.07) is 4.07. The number of carbonyl (C=O) groups excluding carboxylic acids is 2. The van der Waals surface area contributed by atoms with Gasteiger partial charge >= 0.3 is 0 Å². The van der Waals surface area contributed by atoms with Crippen LogP contribution in [0, 0.1) is 0 Å². The molecular weight excluding hydrogens is 342 g/mol.